The van der Waals surface area contributed by atoms with Crippen molar-refractivity contribution in [2.75, 3.05) is 0 Å². The Kier molecular flexibility index (Phi) is 2.32. The molecule has 1 fully saturated rings. The van der Waals surface area contributed by atoms with E-state index in [1.165, 1.54) is 44.1 Å². The van der Waals surface area contributed by atoms with Crippen LogP contribution in [-0.2, 0) is 19.3 Å². The highest BCUT2D eigenvalue weighted by molar-refractivity contribution is 5.36. The van der Waals surface area contributed by atoms with E-state index in [4.69, 9.17) is 5.73 Å². The Balaban J connectivity index is 1.81. The monoisotopic (exact) mass is 215 g/mol. The summed E-state index contributed by atoms with van der Waals surface area (Å²) in [6.45, 7) is 2.17. The van der Waals surface area contributed by atoms with E-state index < -0.39 is 0 Å². The molecule has 0 radical (unpaired) electrons. The summed E-state index contributed by atoms with van der Waals surface area (Å²) >= 11 is 0. The molecule has 0 aliphatic heterocycles. The molecular weight excluding hydrogens is 194 g/mol. The van der Waals surface area contributed by atoms with Gasteiger partial charge in [-0.05, 0) is 67.6 Å². The zero-order valence-corrected chi connectivity index (χ0v) is 10.1. The highest BCUT2D eigenvalue weighted by atomic mass is 14.7. The van der Waals surface area contributed by atoms with E-state index in [0.29, 0.717) is 11.5 Å². The van der Waals surface area contributed by atoms with Gasteiger partial charge in [0.05, 0.1) is 0 Å². The second-order valence-corrected chi connectivity index (χ2v) is 5.78. The molecule has 86 valence electrons. The van der Waals surface area contributed by atoms with Gasteiger partial charge in [-0.3, -0.25) is 0 Å². The van der Waals surface area contributed by atoms with Gasteiger partial charge < -0.3 is 5.73 Å². The minimum absolute atomic E-state index is 0.348. The second kappa shape index (κ2) is 3.59. The van der Waals surface area contributed by atoms with Crippen LogP contribution in [0.3, 0.4) is 0 Å². The predicted octanol–water partition coefficient (Wildman–Crippen LogP) is 2.85. The van der Waals surface area contributed by atoms with Gasteiger partial charge in [-0.1, -0.05) is 18.2 Å². The summed E-state index contributed by atoms with van der Waals surface area (Å²) in [5.41, 5.74) is 11.2. The number of nitrogens with two attached hydrogens (primary N) is 1. The summed E-state index contributed by atoms with van der Waals surface area (Å²) < 4.78 is 0. The molecule has 1 atom stereocenters. The predicted molar refractivity (Wildman–Crippen MR) is 67.5 cm³/mol. The van der Waals surface area contributed by atoms with E-state index in [2.05, 4.69) is 25.1 Å². The number of hydrogen-bond donors (Lipinski definition) is 1. The van der Waals surface area contributed by atoms with Gasteiger partial charge in [0, 0.05) is 6.04 Å². The average Bonchev–Trinajstić information content (AvgIpc) is 2.90. The fourth-order valence-corrected chi connectivity index (χ4v) is 3.10. The Morgan fingerprint density at radius 2 is 2.00 bits per heavy atom. The number of rotatable bonds is 3. The van der Waals surface area contributed by atoms with Crippen molar-refractivity contribution in [2.45, 2.75) is 51.5 Å². The Bertz CT molecular complexity index is 402. The van der Waals surface area contributed by atoms with Gasteiger partial charge in [0.25, 0.3) is 0 Å². The van der Waals surface area contributed by atoms with Gasteiger partial charge in [-0.2, -0.15) is 0 Å². The maximum absolute atomic E-state index is 6.09. The summed E-state index contributed by atoms with van der Waals surface area (Å²) in [6.07, 6.45) is 7.75. The van der Waals surface area contributed by atoms with E-state index in [0.717, 1.165) is 0 Å². The lowest BCUT2D eigenvalue weighted by molar-refractivity contribution is 0.418. The van der Waals surface area contributed by atoms with Gasteiger partial charge in [-0.25, -0.2) is 0 Å². The number of hydrogen-bond acceptors (Lipinski definition) is 1. The van der Waals surface area contributed by atoms with Crippen LogP contribution in [0.15, 0.2) is 18.2 Å². The van der Waals surface area contributed by atoms with Crippen LogP contribution in [0.1, 0.15) is 42.9 Å². The topological polar surface area (TPSA) is 26.0 Å². The van der Waals surface area contributed by atoms with Gasteiger partial charge >= 0.3 is 0 Å². The van der Waals surface area contributed by atoms with E-state index >= 15 is 0 Å². The standard InChI is InChI=1S/C15H21N/c1-11(16)15(7-8-15)10-12-5-6-13-3-2-4-14(13)9-12/h5-6,9,11H,2-4,7-8,10,16H2,1H3. The van der Waals surface area contributed by atoms with Crippen LogP contribution in [0.25, 0.3) is 0 Å². The lowest BCUT2D eigenvalue weighted by Gasteiger charge is -2.19. The first-order valence-corrected chi connectivity index (χ1v) is 6.56. The molecule has 1 saturated carbocycles. The Morgan fingerprint density at radius 3 is 2.69 bits per heavy atom. The molecular formula is C15H21N. The van der Waals surface area contributed by atoms with Crippen LogP contribution in [-0.4, -0.2) is 6.04 Å². The molecule has 0 heterocycles. The third kappa shape index (κ3) is 1.67. The van der Waals surface area contributed by atoms with Crippen LogP contribution in [0.5, 0.6) is 0 Å². The lowest BCUT2D eigenvalue weighted by atomic mass is 9.89. The van der Waals surface area contributed by atoms with E-state index in [1.807, 2.05) is 0 Å². The van der Waals surface area contributed by atoms with Crippen molar-refractivity contribution in [3.05, 3.63) is 34.9 Å². The Morgan fingerprint density at radius 1 is 1.25 bits per heavy atom. The van der Waals surface area contributed by atoms with Gasteiger partial charge in [-0.15, -0.1) is 0 Å². The highest BCUT2D eigenvalue weighted by Gasteiger charge is 2.45. The van der Waals surface area contributed by atoms with Gasteiger partial charge in [0.1, 0.15) is 0 Å². The smallest absolute Gasteiger partial charge is 0.00702 e. The van der Waals surface area contributed by atoms with Crippen LogP contribution in [0, 0.1) is 5.41 Å². The van der Waals surface area contributed by atoms with Gasteiger partial charge in [0.15, 0.2) is 0 Å². The number of benzene rings is 1. The third-order valence-corrected chi connectivity index (χ3v) is 4.58. The molecule has 3 rings (SSSR count). The molecule has 0 amide bonds. The van der Waals surface area contributed by atoms with Crippen molar-refractivity contribution in [1.29, 1.82) is 0 Å². The van der Waals surface area contributed by atoms with Crippen LogP contribution in [0.2, 0.25) is 0 Å². The Hall–Kier alpha value is -0.820. The summed E-state index contributed by atoms with van der Waals surface area (Å²) in [5, 5.41) is 0. The minimum atomic E-state index is 0.348. The summed E-state index contributed by atoms with van der Waals surface area (Å²) in [4.78, 5) is 0. The lowest BCUT2D eigenvalue weighted by Crippen LogP contribution is -2.29. The fourth-order valence-electron chi connectivity index (χ4n) is 3.10. The summed E-state index contributed by atoms with van der Waals surface area (Å²) in [5.74, 6) is 0. The number of fused-ring (bicyclic) bond motifs is 1. The molecule has 1 heteroatoms. The summed E-state index contributed by atoms with van der Waals surface area (Å²) in [7, 11) is 0. The highest BCUT2D eigenvalue weighted by Crippen LogP contribution is 2.50. The molecule has 0 bridgehead atoms. The van der Waals surface area contributed by atoms with E-state index in [-0.39, 0.29) is 0 Å². The maximum atomic E-state index is 6.09. The molecule has 0 saturated heterocycles. The zero-order chi connectivity index (χ0) is 11.2. The molecule has 16 heavy (non-hydrogen) atoms. The van der Waals surface area contributed by atoms with Crippen molar-refractivity contribution in [3.8, 4) is 0 Å². The van der Waals surface area contributed by atoms with Crippen molar-refractivity contribution in [2.24, 2.45) is 11.1 Å². The first kappa shape index (κ1) is 10.3. The fraction of sp³-hybridized carbons (Fsp3) is 0.600. The molecule has 2 aliphatic carbocycles. The normalized spacial score (nSPS) is 22.9. The van der Waals surface area contributed by atoms with E-state index in [9.17, 15) is 0 Å². The van der Waals surface area contributed by atoms with E-state index in [1.54, 1.807) is 11.1 Å². The molecule has 1 nitrogen and oxygen atoms in total. The quantitative estimate of drug-likeness (QED) is 0.824. The molecule has 1 aromatic carbocycles. The zero-order valence-electron chi connectivity index (χ0n) is 10.1. The molecule has 1 unspecified atom stereocenters. The Labute approximate surface area is 98.0 Å². The average molecular weight is 215 g/mol. The third-order valence-electron chi connectivity index (χ3n) is 4.58. The van der Waals surface area contributed by atoms with Crippen LogP contribution < -0.4 is 5.73 Å². The second-order valence-electron chi connectivity index (χ2n) is 5.78. The molecule has 0 spiro atoms. The van der Waals surface area contributed by atoms with Crippen molar-refractivity contribution in [1.82, 2.24) is 0 Å². The van der Waals surface area contributed by atoms with Crippen molar-refractivity contribution < 1.29 is 0 Å². The molecule has 2 N–H and O–H groups in total. The molecule has 2 aliphatic rings. The number of aryl methyl sites for hydroxylation is 2. The molecule has 0 aromatic heterocycles. The summed E-state index contributed by atoms with van der Waals surface area (Å²) in [6, 6.07) is 7.45. The largest absolute Gasteiger partial charge is 0.327 e. The maximum Gasteiger partial charge on any atom is 0.00702 e. The minimum Gasteiger partial charge on any atom is -0.327 e. The van der Waals surface area contributed by atoms with Crippen molar-refractivity contribution >= 4 is 0 Å². The first-order valence-electron chi connectivity index (χ1n) is 6.56. The van der Waals surface area contributed by atoms with Gasteiger partial charge in [0.2, 0.25) is 0 Å². The molecule has 1 aromatic rings. The van der Waals surface area contributed by atoms with Crippen LogP contribution >= 0.6 is 0 Å². The van der Waals surface area contributed by atoms with Crippen molar-refractivity contribution in [3.63, 3.8) is 0 Å². The first-order chi connectivity index (χ1) is 7.70. The van der Waals surface area contributed by atoms with Crippen LogP contribution in [0.4, 0.5) is 0 Å². The SMILES string of the molecule is CC(N)C1(Cc2ccc3c(c2)CCC3)CC1.